The van der Waals surface area contributed by atoms with Crippen molar-refractivity contribution in [1.29, 1.82) is 0 Å². The monoisotopic (exact) mass is 316 g/mol. The molecule has 0 unspecified atom stereocenters. The van der Waals surface area contributed by atoms with E-state index in [9.17, 15) is 9.59 Å². The Hall–Kier alpha value is -2.14. The third kappa shape index (κ3) is 4.43. The molecule has 0 spiro atoms. The smallest absolute Gasteiger partial charge is 0.254 e. The minimum absolute atomic E-state index is 0.0780. The zero-order valence-electron chi connectivity index (χ0n) is 12.8. The maximum atomic E-state index is 12.4. The second-order valence-electron chi connectivity index (χ2n) is 5.04. The van der Waals surface area contributed by atoms with Crippen molar-refractivity contribution in [3.63, 3.8) is 0 Å². The Morgan fingerprint density at radius 2 is 1.91 bits per heavy atom. The van der Waals surface area contributed by atoms with Crippen LogP contribution in [-0.2, 0) is 11.3 Å². The molecule has 22 heavy (non-hydrogen) atoms. The number of hydrogen-bond donors (Lipinski definition) is 1. The summed E-state index contributed by atoms with van der Waals surface area (Å²) in [6.45, 7) is 4.93. The molecule has 2 aromatic rings. The number of nitrogens with zero attached hydrogens (tertiary/aromatic N) is 1. The van der Waals surface area contributed by atoms with Gasteiger partial charge in [0, 0.05) is 17.0 Å². The lowest BCUT2D eigenvalue weighted by atomic mass is 10.1. The van der Waals surface area contributed by atoms with Crippen molar-refractivity contribution in [1.82, 2.24) is 10.2 Å². The van der Waals surface area contributed by atoms with Crippen molar-refractivity contribution in [3.8, 4) is 0 Å². The largest absolute Gasteiger partial charge is 0.350 e. The van der Waals surface area contributed by atoms with Crippen molar-refractivity contribution < 1.29 is 9.59 Å². The number of carbonyl (C=O) groups excluding carboxylic acids is 2. The number of nitrogens with one attached hydrogen (secondary N) is 1. The van der Waals surface area contributed by atoms with E-state index in [-0.39, 0.29) is 18.4 Å². The number of amides is 2. The van der Waals surface area contributed by atoms with E-state index in [4.69, 9.17) is 0 Å². The van der Waals surface area contributed by atoms with Gasteiger partial charge < -0.3 is 10.2 Å². The lowest BCUT2D eigenvalue weighted by Crippen LogP contribution is -2.40. The van der Waals surface area contributed by atoms with Crippen molar-refractivity contribution in [3.05, 3.63) is 57.8 Å². The number of likely N-dealkylation sites (N-methyl/N-ethyl adjacent to an activating group) is 1. The Balaban J connectivity index is 1.91. The summed E-state index contributed by atoms with van der Waals surface area (Å²) in [6.07, 6.45) is 0. The average molecular weight is 316 g/mol. The maximum Gasteiger partial charge on any atom is 0.254 e. The molecular formula is C17H20N2O2S. The molecule has 1 aromatic carbocycles. The molecule has 0 saturated carbocycles. The lowest BCUT2D eigenvalue weighted by Gasteiger charge is -2.20. The molecule has 2 rings (SSSR count). The third-order valence-corrected chi connectivity index (χ3v) is 4.22. The van der Waals surface area contributed by atoms with Gasteiger partial charge in [0.25, 0.3) is 5.91 Å². The average Bonchev–Trinajstić information content (AvgIpc) is 3.04. The molecule has 1 N–H and O–H groups in total. The minimum atomic E-state index is -0.143. The highest BCUT2D eigenvalue weighted by Gasteiger charge is 2.17. The number of rotatable bonds is 6. The first-order chi connectivity index (χ1) is 10.6. The summed E-state index contributed by atoms with van der Waals surface area (Å²) in [5, 5.41) is 4.82. The summed E-state index contributed by atoms with van der Waals surface area (Å²) < 4.78 is 0. The summed E-state index contributed by atoms with van der Waals surface area (Å²) in [5.41, 5.74) is 1.71. The van der Waals surface area contributed by atoms with E-state index >= 15 is 0 Å². The van der Waals surface area contributed by atoms with Gasteiger partial charge in [-0.15, -0.1) is 11.3 Å². The molecule has 5 heteroatoms. The molecule has 2 amide bonds. The van der Waals surface area contributed by atoms with Gasteiger partial charge >= 0.3 is 0 Å². The molecule has 0 aliphatic heterocycles. The van der Waals surface area contributed by atoms with E-state index in [1.54, 1.807) is 28.4 Å². The first-order valence-electron chi connectivity index (χ1n) is 7.25. The Bertz CT molecular complexity index is 621. The predicted octanol–water partition coefficient (Wildman–Crippen LogP) is 2.84. The molecule has 4 nitrogen and oxygen atoms in total. The van der Waals surface area contributed by atoms with Crippen LogP contribution in [0.4, 0.5) is 0 Å². The highest BCUT2D eigenvalue weighted by atomic mass is 32.1. The number of benzene rings is 1. The Morgan fingerprint density at radius 3 is 2.50 bits per heavy atom. The van der Waals surface area contributed by atoms with Gasteiger partial charge in [-0.25, -0.2) is 0 Å². The number of carbonyl (C=O) groups is 2. The molecule has 0 fully saturated rings. The number of hydrogen-bond acceptors (Lipinski definition) is 3. The normalized spacial score (nSPS) is 10.3. The fraction of sp³-hybridized carbons (Fsp3) is 0.294. The van der Waals surface area contributed by atoms with Gasteiger partial charge in [0.15, 0.2) is 0 Å². The molecule has 0 aliphatic rings. The molecule has 116 valence electrons. The number of aryl methyl sites for hydroxylation is 1. The lowest BCUT2D eigenvalue weighted by molar-refractivity contribution is -0.121. The Morgan fingerprint density at radius 1 is 1.18 bits per heavy atom. The zero-order valence-corrected chi connectivity index (χ0v) is 13.7. The van der Waals surface area contributed by atoms with Crippen LogP contribution >= 0.6 is 11.3 Å². The standard InChI is InChI=1S/C17H20N2O2S/c1-3-19(17(21)14-8-6-13(2)7-9-14)12-16(20)18-11-15-5-4-10-22-15/h4-10H,3,11-12H2,1-2H3,(H,18,20). The minimum Gasteiger partial charge on any atom is -0.350 e. The van der Waals surface area contributed by atoms with Crippen LogP contribution < -0.4 is 5.32 Å². The second-order valence-corrected chi connectivity index (χ2v) is 6.07. The molecule has 1 heterocycles. The quantitative estimate of drug-likeness (QED) is 0.891. The molecule has 0 radical (unpaired) electrons. The van der Waals surface area contributed by atoms with Crippen molar-refractivity contribution in [2.75, 3.05) is 13.1 Å². The van der Waals surface area contributed by atoms with E-state index < -0.39 is 0 Å². The predicted molar refractivity (Wildman–Crippen MR) is 88.9 cm³/mol. The van der Waals surface area contributed by atoms with E-state index in [1.807, 2.05) is 43.5 Å². The van der Waals surface area contributed by atoms with Crippen LogP contribution in [0.3, 0.4) is 0 Å². The number of thiophene rings is 1. The van der Waals surface area contributed by atoms with Crippen molar-refractivity contribution >= 4 is 23.2 Å². The summed E-state index contributed by atoms with van der Waals surface area (Å²) in [4.78, 5) is 27.0. The van der Waals surface area contributed by atoms with Gasteiger partial charge in [0.1, 0.15) is 0 Å². The highest BCUT2D eigenvalue weighted by molar-refractivity contribution is 7.09. The van der Waals surface area contributed by atoms with Crippen LogP contribution in [-0.4, -0.2) is 29.8 Å². The Labute approximate surface area is 134 Å². The molecular weight excluding hydrogens is 296 g/mol. The van der Waals surface area contributed by atoms with Crippen molar-refractivity contribution in [2.24, 2.45) is 0 Å². The van der Waals surface area contributed by atoms with E-state index in [0.717, 1.165) is 10.4 Å². The van der Waals surface area contributed by atoms with Gasteiger partial charge in [-0.2, -0.15) is 0 Å². The van der Waals surface area contributed by atoms with Gasteiger partial charge in [-0.05, 0) is 37.4 Å². The first kappa shape index (κ1) is 16.2. The SMILES string of the molecule is CCN(CC(=O)NCc1cccs1)C(=O)c1ccc(C)cc1. The fourth-order valence-electron chi connectivity index (χ4n) is 2.03. The van der Waals surface area contributed by atoms with Crippen LogP contribution in [0.1, 0.15) is 27.7 Å². The molecule has 1 aromatic heterocycles. The zero-order chi connectivity index (χ0) is 15.9. The summed E-state index contributed by atoms with van der Waals surface area (Å²) in [5.74, 6) is -0.260. The van der Waals surface area contributed by atoms with Gasteiger partial charge in [-0.3, -0.25) is 9.59 Å². The molecule has 0 bridgehead atoms. The molecule has 0 saturated heterocycles. The van der Waals surface area contributed by atoms with E-state index in [2.05, 4.69) is 5.32 Å². The molecule has 0 atom stereocenters. The fourth-order valence-corrected chi connectivity index (χ4v) is 2.68. The summed E-state index contributed by atoms with van der Waals surface area (Å²) >= 11 is 1.60. The first-order valence-corrected chi connectivity index (χ1v) is 8.13. The van der Waals surface area contributed by atoms with Crippen LogP contribution in [0.2, 0.25) is 0 Å². The van der Waals surface area contributed by atoms with Crippen molar-refractivity contribution in [2.45, 2.75) is 20.4 Å². The highest BCUT2D eigenvalue weighted by Crippen LogP contribution is 2.08. The van der Waals surface area contributed by atoms with Gasteiger partial charge in [0.05, 0.1) is 13.1 Å². The van der Waals surface area contributed by atoms with Gasteiger partial charge in [-0.1, -0.05) is 23.8 Å². The van der Waals surface area contributed by atoms with E-state index in [1.165, 1.54) is 0 Å². The van der Waals surface area contributed by atoms with Crippen LogP contribution in [0.5, 0.6) is 0 Å². The molecule has 0 aliphatic carbocycles. The Kier molecular flexibility index (Phi) is 5.72. The van der Waals surface area contributed by atoms with Crippen LogP contribution in [0.25, 0.3) is 0 Å². The summed E-state index contributed by atoms with van der Waals surface area (Å²) in [6, 6.07) is 11.3. The maximum absolute atomic E-state index is 12.4. The van der Waals surface area contributed by atoms with Crippen LogP contribution in [0.15, 0.2) is 41.8 Å². The summed E-state index contributed by atoms with van der Waals surface area (Å²) in [7, 11) is 0. The third-order valence-electron chi connectivity index (χ3n) is 3.34. The second kappa shape index (κ2) is 7.75. The topological polar surface area (TPSA) is 49.4 Å². The van der Waals surface area contributed by atoms with Crippen LogP contribution in [0, 0.1) is 6.92 Å². The van der Waals surface area contributed by atoms with Gasteiger partial charge in [0.2, 0.25) is 5.91 Å². The van der Waals surface area contributed by atoms with E-state index in [0.29, 0.717) is 18.7 Å².